The average molecular weight is 227 g/mol. The molecular formula is C13H25NO2. The van der Waals surface area contributed by atoms with Crippen LogP contribution in [0.3, 0.4) is 0 Å². The molecule has 3 heteroatoms. The van der Waals surface area contributed by atoms with Crippen molar-refractivity contribution >= 4 is 5.97 Å². The molecule has 94 valence electrons. The molecule has 0 aliphatic heterocycles. The Morgan fingerprint density at radius 3 is 2.56 bits per heavy atom. The molecule has 1 aliphatic rings. The quantitative estimate of drug-likeness (QED) is 0.679. The summed E-state index contributed by atoms with van der Waals surface area (Å²) in [6, 6.07) is 0.225. The third-order valence-electron chi connectivity index (χ3n) is 3.77. The number of hydrogen-bond donors (Lipinski definition) is 1. The van der Waals surface area contributed by atoms with Crippen LogP contribution in [-0.4, -0.2) is 25.2 Å². The van der Waals surface area contributed by atoms with Crippen LogP contribution in [-0.2, 0) is 9.53 Å². The molecule has 1 rings (SSSR count). The Labute approximate surface area is 98.9 Å². The molecule has 0 heterocycles. The maximum atomic E-state index is 11.3. The van der Waals surface area contributed by atoms with Crippen LogP contribution < -0.4 is 5.32 Å². The Morgan fingerprint density at radius 1 is 1.44 bits per heavy atom. The summed E-state index contributed by atoms with van der Waals surface area (Å²) in [7, 11) is 0. The summed E-state index contributed by atoms with van der Waals surface area (Å²) in [6.07, 6.45) is 5.76. The van der Waals surface area contributed by atoms with Crippen LogP contribution in [0.15, 0.2) is 0 Å². The van der Waals surface area contributed by atoms with E-state index in [0.717, 1.165) is 6.54 Å². The smallest absolute Gasteiger partial charge is 0.307 e. The van der Waals surface area contributed by atoms with Gasteiger partial charge in [0.15, 0.2) is 0 Å². The predicted octanol–water partition coefficient (Wildman–Crippen LogP) is 2.50. The molecule has 0 aromatic carbocycles. The Balaban J connectivity index is 2.19. The first-order chi connectivity index (χ1) is 7.62. The van der Waals surface area contributed by atoms with Crippen molar-refractivity contribution < 1.29 is 9.53 Å². The molecule has 0 aromatic rings. The molecule has 0 spiro atoms. The molecule has 1 aliphatic carbocycles. The highest BCUT2D eigenvalue weighted by Crippen LogP contribution is 2.43. The van der Waals surface area contributed by atoms with Gasteiger partial charge in [0.25, 0.3) is 0 Å². The Morgan fingerprint density at radius 2 is 2.12 bits per heavy atom. The fourth-order valence-electron chi connectivity index (χ4n) is 2.26. The summed E-state index contributed by atoms with van der Waals surface area (Å²) in [6.45, 7) is 7.68. The zero-order valence-electron chi connectivity index (χ0n) is 10.8. The second-order valence-corrected chi connectivity index (χ2v) is 5.00. The molecule has 0 saturated heterocycles. The van der Waals surface area contributed by atoms with Crippen LogP contribution in [0.5, 0.6) is 0 Å². The van der Waals surface area contributed by atoms with Crippen LogP contribution in [0.1, 0.15) is 52.9 Å². The van der Waals surface area contributed by atoms with Gasteiger partial charge in [0.2, 0.25) is 0 Å². The van der Waals surface area contributed by atoms with Gasteiger partial charge in [-0.2, -0.15) is 0 Å². The van der Waals surface area contributed by atoms with Crippen LogP contribution >= 0.6 is 0 Å². The lowest BCUT2D eigenvalue weighted by Gasteiger charge is -2.42. The van der Waals surface area contributed by atoms with E-state index in [1.807, 2.05) is 6.92 Å². The molecule has 16 heavy (non-hydrogen) atoms. The van der Waals surface area contributed by atoms with Gasteiger partial charge in [-0.25, -0.2) is 0 Å². The first-order valence-corrected chi connectivity index (χ1v) is 6.51. The molecular weight excluding hydrogens is 202 g/mol. The van der Waals surface area contributed by atoms with Gasteiger partial charge < -0.3 is 10.1 Å². The van der Waals surface area contributed by atoms with Crippen LogP contribution in [0.4, 0.5) is 0 Å². The number of ether oxygens (including phenoxy) is 1. The molecule has 0 radical (unpaired) electrons. The SMILES string of the molecule is CCOC(=O)CC(C)NCC1(CC)CCC1. The highest BCUT2D eigenvalue weighted by Gasteiger charge is 2.34. The number of nitrogens with one attached hydrogen (secondary N) is 1. The molecule has 3 nitrogen and oxygen atoms in total. The molecule has 0 aromatic heterocycles. The van der Waals surface area contributed by atoms with E-state index in [-0.39, 0.29) is 12.0 Å². The first kappa shape index (κ1) is 13.5. The van der Waals surface area contributed by atoms with Crippen molar-refractivity contribution in [1.82, 2.24) is 5.32 Å². The third-order valence-corrected chi connectivity index (χ3v) is 3.77. The lowest BCUT2D eigenvalue weighted by molar-refractivity contribution is -0.143. The van der Waals surface area contributed by atoms with Crippen molar-refractivity contribution in [2.24, 2.45) is 5.41 Å². The van der Waals surface area contributed by atoms with Crippen molar-refractivity contribution in [3.63, 3.8) is 0 Å². The van der Waals surface area contributed by atoms with Crippen LogP contribution in [0, 0.1) is 5.41 Å². The Kier molecular flexibility index (Phi) is 5.26. The third kappa shape index (κ3) is 3.78. The zero-order chi connectivity index (χ0) is 12.0. The number of esters is 1. The summed E-state index contributed by atoms with van der Waals surface area (Å²) in [4.78, 5) is 11.3. The second-order valence-electron chi connectivity index (χ2n) is 5.00. The second kappa shape index (κ2) is 6.24. The zero-order valence-corrected chi connectivity index (χ0v) is 10.8. The number of rotatable bonds is 7. The Hall–Kier alpha value is -0.570. The lowest BCUT2D eigenvalue weighted by Crippen LogP contribution is -2.43. The molecule has 1 atom stereocenters. The van der Waals surface area contributed by atoms with Gasteiger partial charge in [0.1, 0.15) is 0 Å². The van der Waals surface area contributed by atoms with E-state index in [9.17, 15) is 4.79 Å². The summed E-state index contributed by atoms with van der Waals surface area (Å²) < 4.78 is 4.93. The van der Waals surface area contributed by atoms with Crippen molar-refractivity contribution in [1.29, 1.82) is 0 Å². The minimum absolute atomic E-state index is 0.0957. The van der Waals surface area contributed by atoms with Gasteiger partial charge in [-0.05, 0) is 38.5 Å². The van der Waals surface area contributed by atoms with E-state index in [2.05, 4.69) is 19.2 Å². The standard InChI is InChI=1S/C13H25NO2/c1-4-13(7-6-8-13)10-14-11(3)9-12(15)16-5-2/h11,14H,4-10H2,1-3H3. The predicted molar refractivity (Wildman–Crippen MR) is 65.3 cm³/mol. The highest BCUT2D eigenvalue weighted by atomic mass is 16.5. The summed E-state index contributed by atoms with van der Waals surface area (Å²) >= 11 is 0. The van der Waals surface area contributed by atoms with Crippen molar-refractivity contribution in [2.75, 3.05) is 13.2 Å². The minimum Gasteiger partial charge on any atom is -0.466 e. The average Bonchev–Trinajstić information content (AvgIpc) is 2.17. The topological polar surface area (TPSA) is 38.3 Å². The Bertz CT molecular complexity index is 218. The van der Waals surface area contributed by atoms with Crippen molar-refractivity contribution in [2.45, 2.75) is 58.9 Å². The van der Waals surface area contributed by atoms with Gasteiger partial charge in [-0.15, -0.1) is 0 Å². The molecule has 1 fully saturated rings. The normalized spacial score (nSPS) is 19.9. The molecule has 1 unspecified atom stereocenters. The van der Waals surface area contributed by atoms with E-state index in [1.165, 1.54) is 25.7 Å². The van der Waals surface area contributed by atoms with Crippen LogP contribution in [0.2, 0.25) is 0 Å². The fraction of sp³-hybridized carbons (Fsp3) is 0.923. The van der Waals surface area contributed by atoms with E-state index >= 15 is 0 Å². The number of hydrogen-bond acceptors (Lipinski definition) is 3. The number of carbonyl (C=O) groups excluding carboxylic acids is 1. The first-order valence-electron chi connectivity index (χ1n) is 6.51. The van der Waals surface area contributed by atoms with Gasteiger partial charge in [0, 0.05) is 12.6 Å². The van der Waals surface area contributed by atoms with E-state index in [4.69, 9.17) is 4.74 Å². The van der Waals surface area contributed by atoms with Gasteiger partial charge >= 0.3 is 5.97 Å². The molecule has 1 N–H and O–H groups in total. The summed E-state index contributed by atoms with van der Waals surface area (Å²) in [5.74, 6) is -0.0957. The van der Waals surface area contributed by atoms with Crippen LogP contribution in [0.25, 0.3) is 0 Å². The lowest BCUT2D eigenvalue weighted by atomic mass is 9.67. The minimum atomic E-state index is -0.0957. The molecule has 0 amide bonds. The van der Waals surface area contributed by atoms with Gasteiger partial charge in [-0.3, -0.25) is 4.79 Å². The van der Waals surface area contributed by atoms with Gasteiger partial charge in [0.05, 0.1) is 13.0 Å². The van der Waals surface area contributed by atoms with E-state index < -0.39 is 0 Å². The highest BCUT2D eigenvalue weighted by molar-refractivity contribution is 5.69. The monoisotopic (exact) mass is 227 g/mol. The summed E-state index contributed by atoms with van der Waals surface area (Å²) in [5, 5.41) is 3.46. The van der Waals surface area contributed by atoms with Crippen molar-refractivity contribution in [3.05, 3.63) is 0 Å². The van der Waals surface area contributed by atoms with E-state index in [0.29, 0.717) is 18.4 Å². The molecule has 1 saturated carbocycles. The molecule has 0 bridgehead atoms. The largest absolute Gasteiger partial charge is 0.466 e. The number of carbonyl (C=O) groups is 1. The maximum Gasteiger partial charge on any atom is 0.307 e. The fourth-order valence-corrected chi connectivity index (χ4v) is 2.26. The van der Waals surface area contributed by atoms with E-state index in [1.54, 1.807) is 0 Å². The van der Waals surface area contributed by atoms with Gasteiger partial charge in [-0.1, -0.05) is 13.3 Å². The van der Waals surface area contributed by atoms with Crippen molar-refractivity contribution in [3.8, 4) is 0 Å². The maximum absolute atomic E-state index is 11.3. The summed E-state index contributed by atoms with van der Waals surface area (Å²) in [5.41, 5.74) is 0.517.